The molecule has 2 aliphatic carbocycles. The van der Waals surface area contributed by atoms with Gasteiger partial charge in [0.1, 0.15) is 11.1 Å². The van der Waals surface area contributed by atoms with Crippen LogP contribution < -0.4 is 9.47 Å². The number of carbonyl (C=O) groups excluding carboxylic acids is 4. The molecule has 2 fully saturated rings. The van der Waals surface area contributed by atoms with E-state index in [1.54, 1.807) is 0 Å². The van der Waals surface area contributed by atoms with E-state index in [2.05, 4.69) is 27.7 Å². The molecule has 4 rings (SSSR count). The quantitative estimate of drug-likeness (QED) is 0.101. The molecule has 14 heteroatoms. The first-order valence-corrected chi connectivity index (χ1v) is 17.8. The molecule has 0 spiro atoms. The van der Waals surface area contributed by atoms with Gasteiger partial charge < -0.3 is 18.9 Å². The highest BCUT2D eigenvalue weighted by Crippen LogP contribution is 2.54. The Bertz CT molecular complexity index is 1530. The lowest BCUT2D eigenvalue weighted by atomic mass is 9.54. The van der Waals surface area contributed by atoms with Gasteiger partial charge in [0.2, 0.25) is 0 Å². The van der Waals surface area contributed by atoms with E-state index in [4.69, 9.17) is 88.6 Å². The fourth-order valence-electron chi connectivity index (χ4n) is 7.83. The van der Waals surface area contributed by atoms with Crippen LogP contribution in [0, 0.1) is 34.5 Å². The number of ether oxygens (including phenoxy) is 4. The maximum atomic E-state index is 13.3. The molecule has 8 nitrogen and oxygen atoms in total. The van der Waals surface area contributed by atoms with Crippen LogP contribution in [-0.2, 0) is 19.1 Å². The summed E-state index contributed by atoms with van der Waals surface area (Å²) in [6.45, 7) is 12.6. The summed E-state index contributed by atoms with van der Waals surface area (Å²) in [5.74, 6) is -4.75. The molecule has 262 valence electrons. The van der Waals surface area contributed by atoms with Crippen LogP contribution in [0.3, 0.4) is 0 Å². The van der Waals surface area contributed by atoms with Crippen molar-refractivity contribution in [2.75, 3.05) is 13.2 Å². The summed E-state index contributed by atoms with van der Waals surface area (Å²) in [6, 6.07) is 2.27. The van der Waals surface area contributed by atoms with Crippen LogP contribution in [0.4, 0.5) is 0 Å². The number of carbonyl (C=O) groups is 4. The summed E-state index contributed by atoms with van der Waals surface area (Å²) in [6.07, 6.45) is 3.51. The second-order valence-corrected chi connectivity index (χ2v) is 15.7. The normalized spacial score (nSPS) is 26.2. The van der Waals surface area contributed by atoms with Crippen LogP contribution in [0.15, 0.2) is 12.1 Å². The number of hydrogen-bond donors (Lipinski definition) is 0. The largest absolute Gasteiger partial charge is 0.461 e. The summed E-state index contributed by atoms with van der Waals surface area (Å²) >= 11 is 37.7. The molecule has 0 bridgehead atoms. The Morgan fingerprint density at radius 1 is 0.646 bits per heavy atom. The predicted molar refractivity (Wildman–Crippen MR) is 186 cm³/mol. The zero-order valence-electron chi connectivity index (χ0n) is 27.2. The van der Waals surface area contributed by atoms with Crippen molar-refractivity contribution < 1.29 is 38.1 Å². The Kier molecular flexibility index (Phi) is 12.2. The summed E-state index contributed by atoms with van der Waals surface area (Å²) in [5.41, 5.74) is -1.44. The standard InChI is InChI=1S/C34H36Cl6O8/c1-7-17-15(3)11-33(17,5)13-45-29(41)23-25(39)19(35)9-21(37)27(23)47-31(43)32(44)48-28-22(38)10-20(36)26(40)24(28)30(42)46-14-34(6)12-16(4)18(34)8-2/h9-10,15-18H,7-8,11-14H2,1-6H3. The molecule has 6 unspecified atom stereocenters. The third-order valence-electron chi connectivity index (χ3n) is 9.90. The van der Waals surface area contributed by atoms with Gasteiger partial charge in [-0.15, -0.1) is 0 Å². The van der Waals surface area contributed by atoms with Gasteiger partial charge in [0.15, 0.2) is 11.5 Å². The van der Waals surface area contributed by atoms with Gasteiger partial charge in [-0.2, -0.15) is 0 Å². The summed E-state index contributed by atoms with van der Waals surface area (Å²) in [5, 5.41) is -1.47. The van der Waals surface area contributed by atoms with E-state index >= 15 is 0 Å². The first-order chi connectivity index (χ1) is 22.4. The minimum atomic E-state index is -1.64. The Morgan fingerprint density at radius 2 is 0.979 bits per heavy atom. The number of esters is 4. The van der Waals surface area contributed by atoms with Crippen LogP contribution in [0.1, 0.15) is 87.9 Å². The maximum absolute atomic E-state index is 13.3. The Labute approximate surface area is 309 Å². The second-order valence-electron chi connectivity index (χ2n) is 13.3. The monoisotopic (exact) mass is 782 g/mol. The Hall–Kier alpha value is -1.94. The molecule has 2 saturated carbocycles. The zero-order chi connectivity index (χ0) is 35.9. The zero-order valence-corrected chi connectivity index (χ0v) is 31.8. The third kappa shape index (κ3) is 7.54. The highest BCUT2D eigenvalue weighted by atomic mass is 35.5. The molecular formula is C34H36Cl6O8. The molecule has 0 radical (unpaired) electrons. The molecule has 2 aromatic rings. The minimum absolute atomic E-state index is 0.0660. The Morgan fingerprint density at radius 3 is 1.27 bits per heavy atom. The average molecular weight is 785 g/mol. The summed E-state index contributed by atoms with van der Waals surface area (Å²) in [4.78, 5) is 52.8. The molecule has 0 N–H and O–H groups in total. The average Bonchev–Trinajstić information content (AvgIpc) is 3.00. The van der Waals surface area contributed by atoms with E-state index in [1.165, 1.54) is 0 Å². The predicted octanol–water partition coefficient (Wildman–Crippen LogP) is 10.6. The van der Waals surface area contributed by atoms with Crippen molar-refractivity contribution in [1.82, 2.24) is 0 Å². The van der Waals surface area contributed by atoms with E-state index in [9.17, 15) is 19.2 Å². The molecule has 6 atom stereocenters. The maximum Gasteiger partial charge on any atom is 0.423 e. The smallest absolute Gasteiger partial charge is 0.423 e. The van der Waals surface area contributed by atoms with Crippen LogP contribution in [0.5, 0.6) is 11.5 Å². The lowest BCUT2D eigenvalue weighted by Gasteiger charge is -2.51. The topological polar surface area (TPSA) is 105 Å². The first kappa shape index (κ1) is 38.9. The molecule has 2 aromatic carbocycles. The van der Waals surface area contributed by atoms with Gasteiger partial charge in [0, 0.05) is 10.8 Å². The fraction of sp³-hybridized carbons (Fsp3) is 0.529. The van der Waals surface area contributed by atoms with Gasteiger partial charge in [0.25, 0.3) is 0 Å². The minimum Gasteiger partial charge on any atom is -0.461 e. The van der Waals surface area contributed by atoms with Crippen LogP contribution in [-0.4, -0.2) is 37.1 Å². The molecule has 48 heavy (non-hydrogen) atoms. The van der Waals surface area contributed by atoms with Crippen LogP contribution in [0.25, 0.3) is 0 Å². The van der Waals surface area contributed by atoms with E-state index in [0.29, 0.717) is 23.7 Å². The van der Waals surface area contributed by atoms with Crippen molar-refractivity contribution in [3.8, 4) is 11.5 Å². The van der Waals surface area contributed by atoms with Crippen LogP contribution >= 0.6 is 69.6 Å². The summed E-state index contributed by atoms with van der Waals surface area (Å²) in [7, 11) is 0. The molecular weight excluding hydrogens is 749 g/mol. The van der Waals surface area contributed by atoms with Crippen molar-refractivity contribution in [2.24, 2.45) is 34.5 Å². The van der Waals surface area contributed by atoms with Gasteiger partial charge in [0.05, 0.1) is 43.3 Å². The van der Waals surface area contributed by atoms with Crippen molar-refractivity contribution in [2.45, 2.75) is 67.2 Å². The van der Waals surface area contributed by atoms with E-state index in [0.717, 1.165) is 37.8 Å². The SMILES string of the molecule is CCC1C(C)CC1(C)COC(=O)c1c(Cl)c(Cl)cc(Cl)c1OC(=O)C(=O)Oc1c(Cl)cc(Cl)c(Cl)c1C(=O)OCC1(C)CC(C)C1CC. The molecule has 2 aliphatic rings. The van der Waals surface area contributed by atoms with Crippen molar-refractivity contribution in [3.05, 3.63) is 53.4 Å². The lowest BCUT2D eigenvalue weighted by molar-refractivity contribution is -0.156. The number of halogens is 6. The van der Waals surface area contributed by atoms with Crippen LogP contribution in [0.2, 0.25) is 30.1 Å². The third-order valence-corrected chi connectivity index (χ3v) is 12.0. The van der Waals surface area contributed by atoms with Gasteiger partial charge in [-0.25, -0.2) is 19.2 Å². The van der Waals surface area contributed by atoms with E-state index < -0.39 is 46.5 Å². The van der Waals surface area contributed by atoms with Gasteiger partial charge in [-0.05, 0) is 48.6 Å². The van der Waals surface area contributed by atoms with E-state index in [1.807, 2.05) is 13.8 Å². The lowest BCUT2D eigenvalue weighted by Crippen LogP contribution is -2.47. The number of rotatable bonds is 10. The molecule has 0 saturated heterocycles. The van der Waals surface area contributed by atoms with Crippen molar-refractivity contribution >= 4 is 93.5 Å². The second kappa shape index (κ2) is 15.1. The fourth-order valence-corrected chi connectivity index (χ4v) is 9.27. The van der Waals surface area contributed by atoms with E-state index in [-0.39, 0.29) is 54.2 Å². The summed E-state index contributed by atoms with van der Waals surface area (Å²) < 4.78 is 21.7. The number of hydrogen-bond acceptors (Lipinski definition) is 8. The highest BCUT2D eigenvalue weighted by molar-refractivity contribution is 6.47. The molecule has 0 aromatic heterocycles. The van der Waals surface area contributed by atoms with Gasteiger partial charge in [-0.3, -0.25) is 0 Å². The Balaban J connectivity index is 1.55. The van der Waals surface area contributed by atoms with Crippen molar-refractivity contribution in [3.63, 3.8) is 0 Å². The van der Waals surface area contributed by atoms with Gasteiger partial charge in [-0.1, -0.05) is 124 Å². The number of benzene rings is 2. The highest BCUT2D eigenvalue weighted by Gasteiger charge is 2.49. The first-order valence-electron chi connectivity index (χ1n) is 15.5. The molecule has 0 aliphatic heterocycles. The van der Waals surface area contributed by atoms with Gasteiger partial charge >= 0.3 is 23.9 Å². The molecule has 0 heterocycles. The molecule has 0 amide bonds. The van der Waals surface area contributed by atoms with Crippen molar-refractivity contribution in [1.29, 1.82) is 0 Å².